The molecule has 29 heavy (non-hydrogen) atoms. The number of ether oxygens (including phenoxy) is 1. The molecule has 0 aliphatic carbocycles. The number of imidazole rings is 1. The van der Waals surface area contributed by atoms with Gasteiger partial charge in [0, 0.05) is 29.2 Å². The molecule has 1 atom stereocenters. The summed E-state index contributed by atoms with van der Waals surface area (Å²) in [5.41, 5.74) is 5.10. The number of aryl methyl sites for hydroxylation is 1. The van der Waals surface area contributed by atoms with Crippen LogP contribution in [0.1, 0.15) is 27.9 Å². The standard InChI is InChI=1S/C23H21N3O2S/c1-14-12-17-6-4-5-7-20(17)26(14)22(27)21-15(2)25-13-19(24-23(25)29-21)16-8-10-18(28-3)11-9-16/h4-11,13-14H,12H2,1-3H3/t14-/m0/s1. The third-order valence-corrected chi connectivity index (χ3v) is 6.71. The maximum absolute atomic E-state index is 13.4. The summed E-state index contributed by atoms with van der Waals surface area (Å²) in [6, 6.07) is 16.2. The first-order chi connectivity index (χ1) is 14.1. The molecule has 0 spiro atoms. The van der Waals surface area contributed by atoms with Gasteiger partial charge >= 0.3 is 0 Å². The average molecular weight is 404 g/mol. The van der Waals surface area contributed by atoms with Crippen molar-refractivity contribution in [1.29, 1.82) is 0 Å². The zero-order valence-electron chi connectivity index (χ0n) is 16.5. The molecule has 2 aromatic heterocycles. The highest BCUT2D eigenvalue weighted by Crippen LogP contribution is 2.35. The number of benzene rings is 2. The Labute approximate surface area is 173 Å². The largest absolute Gasteiger partial charge is 0.497 e. The van der Waals surface area contributed by atoms with Crippen LogP contribution in [0.25, 0.3) is 16.2 Å². The molecule has 5 nitrogen and oxygen atoms in total. The van der Waals surface area contributed by atoms with Crippen molar-refractivity contribution < 1.29 is 9.53 Å². The number of amides is 1. The third-order valence-electron chi connectivity index (χ3n) is 5.56. The molecule has 0 radical (unpaired) electrons. The van der Waals surface area contributed by atoms with E-state index in [-0.39, 0.29) is 11.9 Å². The number of carbonyl (C=O) groups excluding carboxylic acids is 1. The molecule has 3 heterocycles. The van der Waals surface area contributed by atoms with Crippen LogP contribution in [0.3, 0.4) is 0 Å². The molecule has 0 N–H and O–H groups in total. The van der Waals surface area contributed by atoms with E-state index in [0.29, 0.717) is 0 Å². The number of rotatable bonds is 3. The van der Waals surface area contributed by atoms with Gasteiger partial charge < -0.3 is 9.64 Å². The highest BCUT2D eigenvalue weighted by Gasteiger charge is 2.33. The quantitative estimate of drug-likeness (QED) is 0.485. The lowest BCUT2D eigenvalue weighted by molar-refractivity contribution is 0.0984. The van der Waals surface area contributed by atoms with Crippen molar-refractivity contribution in [3.8, 4) is 17.0 Å². The monoisotopic (exact) mass is 403 g/mol. The lowest BCUT2D eigenvalue weighted by atomic mass is 10.1. The molecule has 0 fully saturated rings. The second-order valence-electron chi connectivity index (χ2n) is 7.38. The van der Waals surface area contributed by atoms with Crippen molar-refractivity contribution in [2.45, 2.75) is 26.3 Å². The van der Waals surface area contributed by atoms with Crippen molar-refractivity contribution >= 4 is 27.9 Å². The minimum atomic E-state index is 0.0569. The fourth-order valence-electron chi connectivity index (χ4n) is 4.03. The van der Waals surface area contributed by atoms with E-state index in [1.807, 2.05) is 64.9 Å². The number of fused-ring (bicyclic) bond motifs is 2. The first-order valence-electron chi connectivity index (χ1n) is 9.61. The van der Waals surface area contributed by atoms with Crippen molar-refractivity contribution in [3.05, 3.63) is 70.9 Å². The number of nitrogens with zero attached hydrogens (tertiary/aromatic N) is 3. The molecule has 0 saturated carbocycles. The topological polar surface area (TPSA) is 46.8 Å². The lowest BCUT2D eigenvalue weighted by Gasteiger charge is -2.22. The van der Waals surface area contributed by atoms with Crippen LogP contribution in [0.15, 0.2) is 54.7 Å². The molecule has 0 saturated heterocycles. The predicted octanol–water partition coefficient (Wildman–Crippen LogP) is 4.97. The van der Waals surface area contributed by atoms with E-state index in [1.54, 1.807) is 7.11 Å². The summed E-state index contributed by atoms with van der Waals surface area (Å²) in [5.74, 6) is 0.875. The van der Waals surface area contributed by atoms with Crippen LogP contribution in [-0.2, 0) is 6.42 Å². The van der Waals surface area contributed by atoms with Crippen molar-refractivity contribution in [1.82, 2.24) is 9.38 Å². The Morgan fingerprint density at radius 2 is 1.93 bits per heavy atom. The van der Waals surface area contributed by atoms with Crippen LogP contribution in [-0.4, -0.2) is 28.4 Å². The van der Waals surface area contributed by atoms with Gasteiger partial charge in [-0.15, -0.1) is 0 Å². The number of hydrogen-bond donors (Lipinski definition) is 0. The Morgan fingerprint density at radius 1 is 1.17 bits per heavy atom. The number of thiazole rings is 1. The smallest absolute Gasteiger partial charge is 0.270 e. The molecule has 0 bridgehead atoms. The number of aromatic nitrogens is 2. The van der Waals surface area contributed by atoms with E-state index in [2.05, 4.69) is 13.0 Å². The zero-order chi connectivity index (χ0) is 20.1. The van der Waals surface area contributed by atoms with E-state index in [1.165, 1.54) is 16.9 Å². The fraction of sp³-hybridized carbons (Fsp3) is 0.217. The van der Waals surface area contributed by atoms with Gasteiger partial charge in [-0.25, -0.2) is 4.98 Å². The second kappa shape index (κ2) is 6.74. The highest BCUT2D eigenvalue weighted by atomic mass is 32.1. The summed E-state index contributed by atoms with van der Waals surface area (Å²) in [7, 11) is 1.66. The van der Waals surface area contributed by atoms with Crippen molar-refractivity contribution in [3.63, 3.8) is 0 Å². The number of carbonyl (C=O) groups is 1. The SMILES string of the molecule is COc1ccc(-c2cn3c(C)c(C(=O)N4c5ccccc5C[C@@H]4C)sc3n2)cc1. The van der Waals surface area contributed by atoms with E-state index in [0.717, 1.165) is 44.6 Å². The van der Waals surface area contributed by atoms with E-state index in [4.69, 9.17) is 9.72 Å². The van der Waals surface area contributed by atoms with Crippen LogP contribution in [0, 0.1) is 6.92 Å². The van der Waals surface area contributed by atoms with Crippen LogP contribution in [0.4, 0.5) is 5.69 Å². The summed E-state index contributed by atoms with van der Waals surface area (Å²) >= 11 is 1.45. The minimum Gasteiger partial charge on any atom is -0.497 e. The molecule has 6 heteroatoms. The van der Waals surface area contributed by atoms with Gasteiger partial charge in [-0.05, 0) is 56.2 Å². The average Bonchev–Trinajstić information content (AvgIpc) is 3.39. The summed E-state index contributed by atoms with van der Waals surface area (Å²) in [6.45, 7) is 4.09. The third kappa shape index (κ3) is 2.83. The molecule has 1 amide bonds. The lowest BCUT2D eigenvalue weighted by Crippen LogP contribution is -2.35. The van der Waals surface area contributed by atoms with Crippen LogP contribution < -0.4 is 9.64 Å². The van der Waals surface area contributed by atoms with Gasteiger partial charge in [0.05, 0.1) is 12.8 Å². The molecular weight excluding hydrogens is 382 g/mol. The van der Waals surface area contributed by atoms with Gasteiger partial charge in [-0.1, -0.05) is 29.5 Å². The highest BCUT2D eigenvalue weighted by molar-refractivity contribution is 7.19. The van der Waals surface area contributed by atoms with E-state index in [9.17, 15) is 4.79 Å². The first kappa shape index (κ1) is 17.9. The number of anilines is 1. The van der Waals surface area contributed by atoms with Gasteiger partial charge in [0.2, 0.25) is 0 Å². The normalized spacial score (nSPS) is 15.7. The first-order valence-corrected chi connectivity index (χ1v) is 10.4. The minimum absolute atomic E-state index is 0.0569. The van der Waals surface area contributed by atoms with Gasteiger partial charge in [-0.3, -0.25) is 9.20 Å². The summed E-state index contributed by atoms with van der Waals surface area (Å²) in [4.78, 5) is 21.7. The number of para-hydroxylation sites is 1. The van der Waals surface area contributed by atoms with Crippen molar-refractivity contribution in [2.75, 3.05) is 12.0 Å². The van der Waals surface area contributed by atoms with Crippen LogP contribution in [0.5, 0.6) is 5.75 Å². The molecule has 2 aromatic carbocycles. The van der Waals surface area contributed by atoms with Crippen molar-refractivity contribution in [2.24, 2.45) is 0 Å². The second-order valence-corrected chi connectivity index (χ2v) is 8.36. The maximum Gasteiger partial charge on any atom is 0.270 e. The Hall–Kier alpha value is -3.12. The van der Waals surface area contributed by atoms with Crippen LogP contribution >= 0.6 is 11.3 Å². The fourth-order valence-corrected chi connectivity index (χ4v) is 5.08. The van der Waals surface area contributed by atoms with E-state index < -0.39 is 0 Å². The molecular formula is C23H21N3O2S. The Kier molecular flexibility index (Phi) is 4.17. The molecule has 146 valence electrons. The van der Waals surface area contributed by atoms with Gasteiger partial charge in [-0.2, -0.15) is 0 Å². The van der Waals surface area contributed by atoms with Gasteiger partial charge in [0.1, 0.15) is 10.6 Å². The zero-order valence-corrected chi connectivity index (χ0v) is 17.4. The van der Waals surface area contributed by atoms with Gasteiger partial charge in [0.15, 0.2) is 4.96 Å². The number of methoxy groups -OCH3 is 1. The Balaban J connectivity index is 1.51. The molecule has 1 aliphatic heterocycles. The predicted molar refractivity (Wildman–Crippen MR) is 116 cm³/mol. The Morgan fingerprint density at radius 3 is 2.66 bits per heavy atom. The maximum atomic E-state index is 13.4. The molecule has 1 aliphatic rings. The molecule has 5 rings (SSSR count). The Bertz CT molecular complexity index is 1220. The molecule has 0 unspecified atom stereocenters. The summed E-state index contributed by atoms with van der Waals surface area (Å²) in [5, 5.41) is 0. The van der Waals surface area contributed by atoms with Crippen LogP contribution in [0.2, 0.25) is 0 Å². The van der Waals surface area contributed by atoms with E-state index >= 15 is 0 Å². The number of hydrogen-bond acceptors (Lipinski definition) is 4. The molecule has 4 aromatic rings. The summed E-state index contributed by atoms with van der Waals surface area (Å²) < 4.78 is 7.24. The summed E-state index contributed by atoms with van der Waals surface area (Å²) in [6.07, 6.45) is 2.90. The van der Waals surface area contributed by atoms with Gasteiger partial charge in [0.25, 0.3) is 5.91 Å².